The Kier molecular flexibility index (Phi) is 3.47. The summed E-state index contributed by atoms with van der Waals surface area (Å²) >= 11 is 0. The second kappa shape index (κ2) is 4.20. The van der Waals surface area contributed by atoms with Gasteiger partial charge in [0.1, 0.15) is 6.04 Å². The van der Waals surface area contributed by atoms with Gasteiger partial charge in [-0.05, 0) is 24.6 Å². The van der Waals surface area contributed by atoms with Gasteiger partial charge in [0.25, 0.3) is 8.32 Å². The lowest BCUT2D eigenvalue weighted by molar-refractivity contribution is -0.138. The molecular weight excluding hydrogens is 222 g/mol. The van der Waals surface area contributed by atoms with E-state index in [-0.39, 0.29) is 16.9 Å². The normalized spacial score (nSPS) is 21.8. The Morgan fingerprint density at radius 2 is 2.00 bits per heavy atom. The highest BCUT2D eigenvalue weighted by atomic mass is 28.4. The van der Waals surface area contributed by atoms with Crippen LogP contribution >= 0.6 is 0 Å². The van der Waals surface area contributed by atoms with Gasteiger partial charge in [0.2, 0.25) is 5.91 Å². The maximum absolute atomic E-state index is 11.9. The zero-order valence-corrected chi connectivity index (χ0v) is 11.7. The molecule has 0 aromatic heterocycles. The van der Waals surface area contributed by atoms with Gasteiger partial charge in [-0.25, -0.2) is 0 Å². The van der Waals surface area contributed by atoms with Crippen molar-refractivity contribution in [1.29, 1.82) is 0 Å². The molecule has 0 aromatic carbocycles. The molecular formula is C11H21NO3Si. The van der Waals surface area contributed by atoms with Crippen molar-refractivity contribution in [2.45, 2.75) is 57.8 Å². The van der Waals surface area contributed by atoms with Crippen LogP contribution < -0.4 is 5.32 Å². The van der Waals surface area contributed by atoms with Gasteiger partial charge in [-0.1, -0.05) is 20.8 Å². The van der Waals surface area contributed by atoms with Gasteiger partial charge in [0.05, 0.1) is 0 Å². The number of amides is 1. The first-order valence-corrected chi connectivity index (χ1v) is 8.56. The van der Waals surface area contributed by atoms with E-state index >= 15 is 0 Å². The molecule has 0 saturated carbocycles. The van der Waals surface area contributed by atoms with E-state index in [0.717, 1.165) is 0 Å². The summed E-state index contributed by atoms with van der Waals surface area (Å²) in [5, 5.41) is 2.64. The summed E-state index contributed by atoms with van der Waals surface area (Å²) in [6.45, 7) is 10.3. The highest BCUT2D eigenvalue weighted by Gasteiger charge is 2.42. The molecule has 1 unspecified atom stereocenters. The molecule has 0 aromatic rings. The van der Waals surface area contributed by atoms with Crippen molar-refractivity contribution in [3.63, 3.8) is 0 Å². The lowest BCUT2D eigenvalue weighted by Gasteiger charge is -2.36. The van der Waals surface area contributed by atoms with Gasteiger partial charge in [-0.2, -0.15) is 0 Å². The Bertz CT molecular complexity index is 307. The molecule has 4 nitrogen and oxygen atoms in total. The second-order valence-electron chi connectivity index (χ2n) is 5.84. The summed E-state index contributed by atoms with van der Waals surface area (Å²) in [7, 11) is -2.06. The first-order valence-electron chi connectivity index (χ1n) is 5.66. The number of rotatable bonds is 2. The van der Waals surface area contributed by atoms with Gasteiger partial charge in [0, 0.05) is 6.42 Å². The molecule has 5 heteroatoms. The van der Waals surface area contributed by atoms with E-state index in [4.69, 9.17) is 4.43 Å². The quantitative estimate of drug-likeness (QED) is 0.753. The van der Waals surface area contributed by atoms with E-state index in [9.17, 15) is 9.59 Å². The average Bonchev–Trinajstić information content (AvgIpc) is 2.48. The lowest BCUT2D eigenvalue weighted by Crippen LogP contribution is -2.47. The van der Waals surface area contributed by atoms with Crippen molar-refractivity contribution in [3.8, 4) is 0 Å². The van der Waals surface area contributed by atoms with Gasteiger partial charge in [-0.15, -0.1) is 0 Å². The minimum absolute atomic E-state index is 0.00523. The predicted octanol–water partition coefficient (Wildman–Crippen LogP) is 1.81. The van der Waals surface area contributed by atoms with Crippen LogP contribution in [0, 0.1) is 0 Å². The molecule has 0 aliphatic carbocycles. The molecule has 1 aliphatic heterocycles. The number of carbonyl (C=O) groups is 2. The summed E-state index contributed by atoms with van der Waals surface area (Å²) in [5.41, 5.74) is 0. The van der Waals surface area contributed by atoms with Gasteiger partial charge in [-0.3, -0.25) is 9.59 Å². The van der Waals surface area contributed by atoms with Crippen LogP contribution in [-0.2, 0) is 14.0 Å². The molecule has 0 bridgehead atoms. The highest BCUT2D eigenvalue weighted by Crippen LogP contribution is 2.36. The van der Waals surface area contributed by atoms with E-state index in [1.54, 1.807) is 0 Å². The Balaban J connectivity index is 2.61. The predicted molar refractivity (Wildman–Crippen MR) is 64.5 cm³/mol. The third kappa shape index (κ3) is 2.84. The Morgan fingerprint density at radius 1 is 1.44 bits per heavy atom. The standard InChI is InChI=1S/C11H21NO3Si/c1-11(2,3)16(4,5)15-10(14)8-6-7-9(13)12-8/h8H,6-7H2,1-5H3,(H,12,13). The van der Waals surface area contributed by atoms with Crippen LogP contribution in [0.4, 0.5) is 0 Å². The van der Waals surface area contributed by atoms with Crippen molar-refractivity contribution in [2.24, 2.45) is 0 Å². The molecule has 1 N–H and O–H groups in total. The van der Waals surface area contributed by atoms with Crippen LogP contribution in [0.2, 0.25) is 18.1 Å². The lowest BCUT2D eigenvalue weighted by atomic mass is 10.2. The summed E-state index contributed by atoms with van der Waals surface area (Å²) < 4.78 is 5.62. The van der Waals surface area contributed by atoms with Gasteiger partial charge >= 0.3 is 5.97 Å². The molecule has 92 valence electrons. The number of nitrogens with one attached hydrogen (secondary N) is 1. The molecule has 1 heterocycles. The van der Waals surface area contributed by atoms with E-state index in [1.165, 1.54) is 0 Å². The first kappa shape index (κ1) is 13.2. The van der Waals surface area contributed by atoms with Crippen LogP contribution in [0.25, 0.3) is 0 Å². The van der Waals surface area contributed by atoms with E-state index in [1.807, 2.05) is 13.1 Å². The van der Waals surface area contributed by atoms with E-state index in [2.05, 4.69) is 26.1 Å². The van der Waals surface area contributed by atoms with Crippen molar-refractivity contribution in [3.05, 3.63) is 0 Å². The Hall–Kier alpha value is -0.843. The summed E-state index contributed by atoms with van der Waals surface area (Å²) in [5.74, 6) is -0.324. The van der Waals surface area contributed by atoms with Crippen molar-refractivity contribution >= 4 is 20.2 Å². The molecule has 1 aliphatic rings. The third-order valence-corrected chi connectivity index (χ3v) is 7.77. The fourth-order valence-corrected chi connectivity index (χ4v) is 2.22. The number of hydrogen-bond donors (Lipinski definition) is 1. The fraction of sp³-hybridized carbons (Fsp3) is 0.818. The largest absolute Gasteiger partial charge is 0.518 e. The molecule has 1 atom stereocenters. The number of carbonyl (C=O) groups excluding carboxylic acids is 2. The topological polar surface area (TPSA) is 55.4 Å². The minimum Gasteiger partial charge on any atom is -0.518 e. The second-order valence-corrected chi connectivity index (χ2v) is 10.6. The van der Waals surface area contributed by atoms with Crippen molar-refractivity contribution in [2.75, 3.05) is 0 Å². The summed E-state index contributed by atoms with van der Waals surface area (Å²) in [6.07, 6.45) is 0.990. The maximum Gasteiger partial charge on any atom is 0.315 e. The zero-order valence-electron chi connectivity index (χ0n) is 10.7. The molecule has 0 spiro atoms. The third-order valence-electron chi connectivity index (χ3n) is 3.44. The summed E-state index contributed by atoms with van der Waals surface area (Å²) in [6, 6.07) is -0.429. The van der Waals surface area contributed by atoms with Crippen molar-refractivity contribution < 1.29 is 14.0 Å². The molecule has 1 rings (SSSR count). The van der Waals surface area contributed by atoms with Crippen LogP contribution in [0.1, 0.15) is 33.6 Å². The van der Waals surface area contributed by atoms with E-state index < -0.39 is 14.4 Å². The monoisotopic (exact) mass is 243 g/mol. The number of hydrogen-bond acceptors (Lipinski definition) is 3. The van der Waals surface area contributed by atoms with Crippen LogP contribution in [0.5, 0.6) is 0 Å². The molecule has 0 radical (unpaired) electrons. The molecule has 16 heavy (non-hydrogen) atoms. The van der Waals surface area contributed by atoms with Gasteiger partial charge in [0.15, 0.2) is 0 Å². The maximum atomic E-state index is 11.9. The smallest absolute Gasteiger partial charge is 0.315 e. The molecule has 1 amide bonds. The molecule has 1 saturated heterocycles. The zero-order chi connectivity index (χ0) is 12.6. The van der Waals surface area contributed by atoms with Crippen LogP contribution in [0.15, 0.2) is 0 Å². The Morgan fingerprint density at radius 3 is 2.38 bits per heavy atom. The SMILES string of the molecule is CC(C)(C)[Si](C)(C)OC(=O)C1CCC(=O)N1. The van der Waals surface area contributed by atoms with Crippen LogP contribution in [0.3, 0.4) is 0 Å². The molecule has 1 fully saturated rings. The minimum atomic E-state index is -2.06. The first-order chi connectivity index (χ1) is 7.13. The fourth-order valence-electron chi connectivity index (χ4n) is 1.27. The van der Waals surface area contributed by atoms with E-state index in [0.29, 0.717) is 12.8 Å². The highest BCUT2D eigenvalue weighted by molar-refractivity contribution is 6.75. The average molecular weight is 243 g/mol. The van der Waals surface area contributed by atoms with Gasteiger partial charge < -0.3 is 9.74 Å². The van der Waals surface area contributed by atoms with Crippen molar-refractivity contribution in [1.82, 2.24) is 5.32 Å². The summed E-state index contributed by atoms with van der Waals surface area (Å²) in [4.78, 5) is 22.9. The van der Waals surface area contributed by atoms with Crippen LogP contribution in [-0.4, -0.2) is 26.2 Å². The Labute approximate surface area is 97.9 Å².